The number of allylic oxidation sites excluding steroid dienone is 1. The average Bonchev–Trinajstić information content (AvgIpc) is 3.23. The van der Waals surface area contributed by atoms with Gasteiger partial charge < -0.3 is 19.9 Å². The van der Waals surface area contributed by atoms with Gasteiger partial charge in [-0.15, -0.1) is 0 Å². The molecule has 0 spiro atoms. The number of nitrogens with two attached hydrogens (primary N) is 1. The molecule has 1 aliphatic rings. The monoisotopic (exact) mass is 324 g/mol. The maximum atomic E-state index is 11.0. The first-order valence-electron chi connectivity index (χ1n) is 7.74. The van der Waals surface area contributed by atoms with E-state index < -0.39 is 6.09 Å². The molecule has 7 nitrogen and oxygen atoms in total. The minimum Gasteiger partial charge on any atom is -0.464 e. The molecule has 0 aliphatic heterocycles. The molecule has 24 heavy (non-hydrogen) atoms. The van der Waals surface area contributed by atoms with Crippen LogP contribution in [-0.4, -0.2) is 27.1 Å². The van der Waals surface area contributed by atoms with Gasteiger partial charge in [0.1, 0.15) is 23.8 Å². The number of aromatic amines is 1. The molecular weight excluding hydrogens is 308 g/mol. The van der Waals surface area contributed by atoms with Crippen LogP contribution in [0.4, 0.5) is 4.79 Å². The number of ether oxygens (including phenoxy) is 1. The van der Waals surface area contributed by atoms with Gasteiger partial charge in [-0.25, -0.2) is 14.8 Å². The van der Waals surface area contributed by atoms with E-state index in [9.17, 15) is 4.79 Å². The highest BCUT2D eigenvalue weighted by Gasteiger charge is 2.23. The summed E-state index contributed by atoms with van der Waals surface area (Å²) in [6, 6.07) is 3.74. The van der Waals surface area contributed by atoms with Crippen molar-refractivity contribution in [3.63, 3.8) is 0 Å². The van der Waals surface area contributed by atoms with Crippen molar-refractivity contribution in [2.75, 3.05) is 0 Å². The fourth-order valence-corrected chi connectivity index (χ4v) is 3.16. The Morgan fingerprint density at radius 3 is 3.12 bits per heavy atom. The third-order valence-electron chi connectivity index (χ3n) is 4.17. The van der Waals surface area contributed by atoms with Crippen LogP contribution in [0.5, 0.6) is 0 Å². The Bertz CT molecular complexity index is 911. The van der Waals surface area contributed by atoms with Gasteiger partial charge in [0.05, 0.1) is 17.3 Å². The van der Waals surface area contributed by atoms with Crippen LogP contribution in [0, 0.1) is 0 Å². The van der Waals surface area contributed by atoms with Gasteiger partial charge in [-0.2, -0.15) is 0 Å². The number of rotatable bonds is 3. The first kappa shape index (κ1) is 14.5. The number of furan rings is 1. The van der Waals surface area contributed by atoms with E-state index >= 15 is 0 Å². The highest BCUT2D eigenvalue weighted by Crippen LogP contribution is 2.36. The van der Waals surface area contributed by atoms with Gasteiger partial charge in [-0.05, 0) is 30.5 Å². The van der Waals surface area contributed by atoms with Gasteiger partial charge in [0.25, 0.3) is 0 Å². The summed E-state index contributed by atoms with van der Waals surface area (Å²) >= 11 is 0. The summed E-state index contributed by atoms with van der Waals surface area (Å²) < 4.78 is 10.7. The number of amides is 1. The zero-order valence-corrected chi connectivity index (χ0v) is 12.9. The van der Waals surface area contributed by atoms with Crippen LogP contribution in [0.15, 0.2) is 41.4 Å². The Balaban J connectivity index is 1.78. The lowest BCUT2D eigenvalue weighted by molar-refractivity contribution is 0.102. The zero-order valence-electron chi connectivity index (χ0n) is 12.9. The highest BCUT2D eigenvalue weighted by molar-refractivity contribution is 5.99. The lowest BCUT2D eigenvalue weighted by atomic mass is 9.92. The van der Waals surface area contributed by atoms with Crippen LogP contribution in [0.25, 0.3) is 27.9 Å². The largest absolute Gasteiger partial charge is 0.464 e. The van der Waals surface area contributed by atoms with Crippen molar-refractivity contribution in [1.29, 1.82) is 0 Å². The minimum absolute atomic E-state index is 0.224. The first-order chi connectivity index (χ1) is 11.7. The van der Waals surface area contributed by atoms with Crippen molar-refractivity contribution < 1.29 is 13.9 Å². The van der Waals surface area contributed by atoms with Crippen molar-refractivity contribution in [2.24, 2.45) is 5.73 Å². The van der Waals surface area contributed by atoms with Crippen molar-refractivity contribution in [3.8, 4) is 11.3 Å². The molecule has 0 saturated carbocycles. The fraction of sp³-hybridized carbons (Fsp3) is 0.235. The minimum atomic E-state index is -0.744. The third-order valence-corrected chi connectivity index (χ3v) is 4.17. The summed E-state index contributed by atoms with van der Waals surface area (Å²) in [5, 5.41) is 0.901. The maximum absolute atomic E-state index is 11.0. The molecule has 122 valence electrons. The summed E-state index contributed by atoms with van der Waals surface area (Å²) in [4.78, 5) is 23.0. The van der Waals surface area contributed by atoms with E-state index in [0.29, 0.717) is 6.42 Å². The molecule has 0 fully saturated rings. The molecule has 7 heteroatoms. The number of aromatic nitrogens is 3. The maximum Gasteiger partial charge on any atom is 0.404 e. The SMILES string of the molecule is NC(=O)OC1CCC=C(c2ncnc3[nH]cc(-c4ccco4)c23)C1. The molecular formula is C17H16N4O3. The van der Waals surface area contributed by atoms with Gasteiger partial charge in [0.2, 0.25) is 0 Å². The summed E-state index contributed by atoms with van der Waals surface area (Å²) in [5.74, 6) is 0.749. The molecule has 4 rings (SSSR count). The number of H-pyrrole nitrogens is 1. The van der Waals surface area contributed by atoms with Crippen molar-refractivity contribution in [3.05, 3.63) is 42.7 Å². The zero-order chi connectivity index (χ0) is 16.5. The molecule has 1 amide bonds. The van der Waals surface area contributed by atoms with E-state index in [0.717, 1.165) is 46.5 Å². The van der Waals surface area contributed by atoms with E-state index in [1.807, 2.05) is 18.3 Å². The molecule has 1 unspecified atom stereocenters. The number of fused-ring (bicyclic) bond motifs is 1. The number of carbonyl (C=O) groups is 1. The Morgan fingerprint density at radius 2 is 2.33 bits per heavy atom. The molecule has 3 aromatic rings. The van der Waals surface area contributed by atoms with E-state index in [-0.39, 0.29) is 6.10 Å². The number of primary amides is 1. The highest BCUT2D eigenvalue weighted by atomic mass is 16.6. The van der Waals surface area contributed by atoms with Crippen LogP contribution in [0.2, 0.25) is 0 Å². The van der Waals surface area contributed by atoms with Gasteiger partial charge in [-0.1, -0.05) is 6.08 Å². The summed E-state index contributed by atoms with van der Waals surface area (Å²) in [6.45, 7) is 0. The third kappa shape index (κ3) is 2.54. The molecule has 0 saturated heterocycles. The smallest absolute Gasteiger partial charge is 0.404 e. The number of nitrogens with zero attached hydrogens (tertiary/aromatic N) is 2. The van der Waals surface area contributed by atoms with Crippen LogP contribution in [0.1, 0.15) is 25.0 Å². The molecule has 3 heterocycles. The standard InChI is InChI=1S/C17H16N4O3/c18-17(22)24-11-4-1-3-10(7-11)15-14-12(13-5-2-6-23-13)8-19-16(14)21-9-20-15/h2-3,5-6,8-9,11H,1,4,7H2,(H2,18,22)(H,19,20,21). The van der Waals surface area contributed by atoms with Crippen molar-refractivity contribution in [1.82, 2.24) is 15.0 Å². The van der Waals surface area contributed by atoms with E-state index in [2.05, 4.69) is 21.0 Å². The van der Waals surface area contributed by atoms with Gasteiger partial charge in [0, 0.05) is 18.2 Å². The fourth-order valence-electron chi connectivity index (χ4n) is 3.16. The lowest BCUT2D eigenvalue weighted by Gasteiger charge is -2.22. The van der Waals surface area contributed by atoms with Gasteiger partial charge in [-0.3, -0.25) is 0 Å². The second kappa shape index (κ2) is 5.84. The van der Waals surface area contributed by atoms with E-state index in [1.165, 1.54) is 6.33 Å². The van der Waals surface area contributed by atoms with E-state index in [1.54, 1.807) is 6.26 Å². The lowest BCUT2D eigenvalue weighted by Crippen LogP contribution is -2.24. The normalized spacial score (nSPS) is 17.7. The van der Waals surface area contributed by atoms with E-state index in [4.69, 9.17) is 14.9 Å². The second-order valence-corrected chi connectivity index (χ2v) is 5.70. The van der Waals surface area contributed by atoms with Crippen molar-refractivity contribution in [2.45, 2.75) is 25.4 Å². The Kier molecular flexibility index (Phi) is 3.53. The molecule has 3 aromatic heterocycles. The number of hydrogen-bond acceptors (Lipinski definition) is 5. The Morgan fingerprint density at radius 1 is 1.42 bits per heavy atom. The number of nitrogens with one attached hydrogen (secondary N) is 1. The Hall–Kier alpha value is -3.09. The van der Waals surface area contributed by atoms with Crippen LogP contribution in [0.3, 0.4) is 0 Å². The second-order valence-electron chi connectivity index (χ2n) is 5.70. The number of carbonyl (C=O) groups excluding carboxylic acids is 1. The average molecular weight is 324 g/mol. The molecule has 0 radical (unpaired) electrons. The van der Waals surface area contributed by atoms with Crippen LogP contribution >= 0.6 is 0 Å². The summed E-state index contributed by atoms with van der Waals surface area (Å²) in [7, 11) is 0. The molecule has 0 aromatic carbocycles. The number of hydrogen-bond donors (Lipinski definition) is 2. The van der Waals surface area contributed by atoms with Gasteiger partial charge >= 0.3 is 6.09 Å². The molecule has 3 N–H and O–H groups in total. The predicted octanol–water partition coefficient (Wildman–Crippen LogP) is 3.25. The quantitative estimate of drug-likeness (QED) is 0.769. The molecule has 1 aliphatic carbocycles. The summed E-state index contributed by atoms with van der Waals surface area (Å²) in [6.07, 6.45) is 8.33. The molecule has 0 bridgehead atoms. The van der Waals surface area contributed by atoms with Crippen LogP contribution < -0.4 is 5.73 Å². The molecule has 1 atom stereocenters. The predicted molar refractivity (Wildman–Crippen MR) is 87.9 cm³/mol. The van der Waals surface area contributed by atoms with Crippen molar-refractivity contribution >= 4 is 22.7 Å². The Labute approximate surface area is 137 Å². The first-order valence-corrected chi connectivity index (χ1v) is 7.74. The topological polar surface area (TPSA) is 107 Å². The van der Waals surface area contributed by atoms with Crippen LogP contribution in [-0.2, 0) is 4.74 Å². The summed E-state index contributed by atoms with van der Waals surface area (Å²) in [5.41, 5.74) is 8.64. The van der Waals surface area contributed by atoms with Gasteiger partial charge in [0.15, 0.2) is 0 Å².